The third kappa shape index (κ3) is 4.67. The minimum Gasteiger partial charge on any atom is -0.379 e. The molecule has 122 valence electrons. The smallest absolute Gasteiger partial charge is 0.0578 e. The molecule has 0 fully saturated rings. The highest BCUT2D eigenvalue weighted by molar-refractivity contribution is 6.30. The predicted molar refractivity (Wildman–Crippen MR) is 104 cm³/mol. The summed E-state index contributed by atoms with van der Waals surface area (Å²) in [5.74, 6) is 0. The van der Waals surface area contributed by atoms with Crippen molar-refractivity contribution in [3.05, 3.63) is 94.0 Å². The van der Waals surface area contributed by atoms with Crippen LogP contribution in [0.4, 0.5) is 11.4 Å². The highest BCUT2D eigenvalue weighted by atomic mass is 35.5. The van der Waals surface area contributed by atoms with Crippen LogP contribution in [0, 0.1) is 0 Å². The summed E-state index contributed by atoms with van der Waals surface area (Å²) in [4.78, 5) is 0. The minimum atomic E-state index is 0.747. The number of nitrogens with one attached hydrogen (secondary N) is 2. The zero-order chi connectivity index (χ0) is 16.8. The summed E-state index contributed by atoms with van der Waals surface area (Å²) >= 11 is 11.8. The van der Waals surface area contributed by atoms with Gasteiger partial charge in [-0.05, 0) is 47.5 Å². The van der Waals surface area contributed by atoms with E-state index >= 15 is 0 Å². The molecule has 2 N–H and O–H groups in total. The first kappa shape index (κ1) is 16.7. The maximum Gasteiger partial charge on any atom is 0.0578 e. The molecule has 0 aromatic heterocycles. The maximum atomic E-state index is 5.92. The van der Waals surface area contributed by atoms with Gasteiger partial charge in [-0.15, -0.1) is 0 Å². The summed E-state index contributed by atoms with van der Waals surface area (Å²) in [6.07, 6.45) is 0. The Kier molecular flexibility index (Phi) is 5.63. The van der Waals surface area contributed by atoms with Crippen LogP contribution in [-0.2, 0) is 13.1 Å². The van der Waals surface area contributed by atoms with Crippen molar-refractivity contribution in [2.24, 2.45) is 0 Å². The van der Waals surface area contributed by atoms with Crippen molar-refractivity contribution in [3.63, 3.8) is 0 Å². The third-order valence-corrected chi connectivity index (χ3v) is 4.22. The Hall–Kier alpha value is -2.16. The van der Waals surface area contributed by atoms with Crippen molar-refractivity contribution in [3.8, 4) is 0 Å². The van der Waals surface area contributed by atoms with Crippen LogP contribution < -0.4 is 10.6 Å². The number of rotatable bonds is 6. The number of hydrogen-bond acceptors (Lipinski definition) is 2. The number of hydrogen-bond donors (Lipinski definition) is 2. The fourth-order valence-corrected chi connectivity index (χ4v) is 2.64. The molecule has 2 nitrogen and oxygen atoms in total. The molecular formula is C20H18Cl2N2. The van der Waals surface area contributed by atoms with Gasteiger partial charge in [0.1, 0.15) is 0 Å². The van der Waals surface area contributed by atoms with Crippen molar-refractivity contribution in [2.75, 3.05) is 10.6 Å². The molecule has 3 rings (SSSR count). The van der Waals surface area contributed by atoms with Gasteiger partial charge < -0.3 is 10.6 Å². The monoisotopic (exact) mass is 356 g/mol. The summed E-state index contributed by atoms with van der Waals surface area (Å²) in [7, 11) is 0. The summed E-state index contributed by atoms with van der Waals surface area (Å²) in [6.45, 7) is 1.49. The summed E-state index contributed by atoms with van der Waals surface area (Å²) in [5.41, 5.74) is 4.52. The number of anilines is 2. The topological polar surface area (TPSA) is 24.1 Å². The van der Waals surface area contributed by atoms with Crippen LogP contribution in [-0.4, -0.2) is 0 Å². The zero-order valence-corrected chi connectivity index (χ0v) is 14.6. The molecule has 3 aromatic carbocycles. The lowest BCUT2D eigenvalue weighted by Crippen LogP contribution is -2.05. The lowest BCUT2D eigenvalue weighted by atomic mass is 10.2. The van der Waals surface area contributed by atoms with Gasteiger partial charge in [0.15, 0.2) is 0 Å². The van der Waals surface area contributed by atoms with E-state index in [9.17, 15) is 0 Å². The van der Waals surface area contributed by atoms with Crippen molar-refractivity contribution >= 4 is 34.6 Å². The largest absolute Gasteiger partial charge is 0.379 e. The fraction of sp³-hybridized carbons (Fsp3) is 0.100. The summed E-state index contributed by atoms with van der Waals surface area (Å²) < 4.78 is 0. The Morgan fingerprint density at radius 3 is 1.29 bits per heavy atom. The average molecular weight is 357 g/mol. The predicted octanol–water partition coefficient (Wildman–Crippen LogP) is 6.22. The van der Waals surface area contributed by atoms with E-state index in [2.05, 4.69) is 22.8 Å². The molecule has 0 atom stereocenters. The van der Waals surface area contributed by atoms with Gasteiger partial charge in [0.25, 0.3) is 0 Å². The Morgan fingerprint density at radius 2 is 0.917 bits per heavy atom. The summed E-state index contributed by atoms with van der Waals surface area (Å²) in [6, 6.07) is 23.9. The van der Waals surface area contributed by atoms with E-state index in [0.29, 0.717) is 0 Å². The van der Waals surface area contributed by atoms with E-state index < -0.39 is 0 Å². The zero-order valence-electron chi connectivity index (χ0n) is 13.1. The number of halogens is 2. The van der Waals surface area contributed by atoms with Crippen molar-refractivity contribution < 1.29 is 0 Å². The lowest BCUT2D eigenvalue weighted by molar-refractivity contribution is 1.12. The highest BCUT2D eigenvalue weighted by Gasteiger charge is 2.02. The quantitative estimate of drug-likeness (QED) is 0.547. The average Bonchev–Trinajstić information content (AvgIpc) is 2.61. The van der Waals surface area contributed by atoms with E-state index in [4.69, 9.17) is 23.2 Å². The molecule has 4 heteroatoms. The molecule has 0 unspecified atom stereocenters. The Morgan fingerprint density at radius 1 is 0.542 bits per heavy atom. The first-order chi connectivity index (χ1) is 11.7. The molecule has 0 aliphatic rings. The van der Waals surface area contributed by atoms with Gasteiger partial charge in [-0.25, -0.2) is 0 Å². The number of para-hydroxylation sites is 2. The van der Waals surface area contributed by atoms with Crippen LogP contribution in [0.15, 0.2) is 72.8 Å². The van der Waals surface area contributed by atoms with Crippen LogP contribution in [0.5, 0.6) is 0 Å². The molecule has 0 bridgehead atoms. The van der Waals surface area contributed by atoms with Crippen molar-refractivity contribution in [1.82, 2.24) is 0 Å². The van der Waals surface area contributed by atoms with Gasteiger partial charge in [0.2, 0.25) is 0 Å². The molecule has 0 saturated heterocycles. The van der Waals surface area contributed by atoms with Crippen LogP contribution >= 0.6 is 23.2 Å². The van der Waals surface area contributed by atoms with E-state index in [-0.39, 0.29) is 0 Å². The first-order valence-corrected chi connectivity index (χ1v) is 8.52. The molecule has 0 heterocycles. The van der Waals surface area contributed by atoms with E-state index in [1.54, 1.807) is 0 Å². The molecule has 0 radical (unpaired) electrons. The molecule has 0 saturated carbocycles. The Labute approximate surface area is 152 Å². The standard InChI is InChI=1S/C20H18Cl2N2/c21-17-9-5-15(6-10-17)13-23-19-3-1-2-4-20(19)24-14-16-7-11-18(22)12-8-16/h1-12,23-24H,13-14H2. The third-order valence-electron chi connectivity index (χ3n) is 3.72. The lowest BCUT2D eigenvalue weighted by Gasteiger charge is -2.14. The van der Waals surface area contributed by atoms with Gasteiger partial charge in [0.05, 0.1) is 11.4 Å². The van der Waals surface area contributed by atoms with Crippen molar-refractivity contribution in [1.29, 1.82) is 0 Å². The molecule has 0 amide bonds. The molecule has 24 heavy (non-hydrogen) atoms. The highest BCUT2D eigenvalue weighted by Crippen LogP contribution is 2.23. The van der Waals surface area contributed by atoms with E-state index in [1.165, 1.54) is 11.1 Å². The molecular weight excluding hydrogens is 339 g/mol. The fourth-order valence-electron chi connectivity index (χ4n) is 2.39. The first-order valence-electron chi connectivity index (χ1n) is 7.76. The Bertz CT molecular complexity index is 715. The van der Waals surface area contributed by atoms with Gasteiger partial charge >= 0.3 is 0 Å². The second kappa shape index (κ2) is 8.09. The van der Waals surface area contributed by atoms with Crippen LogP contribution in [0.2, 0.25) is 10.0 Å². The second-order valence-corrected chi connectivity index (χ2v) is 6.38. The molecule has 0 aliphatic carbocycles. The van der Waals surface area contributed by atoms with E-state index in [0.717, 1.165) is 34.5 Å². The second-order valence-electron chi connectivity index (χ2n) is 5.51. The summed E-state index contributed by atoms with van der Waals surface area (Å²) in [5, 5.41) is 8.44. The van der Waals surface area contributed by atoms with Gasteiger partial charge in [-0.2, -0.15) is 0 Å². The minimum absolute atomic E-state index is 0.747. The maximum absolute atomic E-state index is 5.92. The van der Waals surface area contributed by atoms with Crippen LogP contribution in [0.25, 0.3) is 0 Å². The van der Waals surface area contributed by atoms with Crippen LogP contribution in [0.1, 0.15) is 11.1 Å². The van der Waals surface area contributed by atoms with Crippen molar-refractivity contribution in [2.45, 2.75) is 13.1 Å². The SMILES string of the molecule is Clc1ccc(CNc2ccccc2NCc2ccc(Cl)cc2)cc1. The molecule has 3 aromatic rings. The normalized spacial score (nSPS) is 10.4. The molecule has 0 aliphatic heterocycles. The molecule has 0 spiro atoms. The van der Waals surface area contributed by atoms with Gasteiger partial charge in [0, 0.05) is 23.1 Å². The Balaban J connectivity index is 1.64. The number of benzene rings is 3. The van der Waals surface area contributed by atoms with Gasteiger partial charge in [-0.1, -0.05) is 59.6 Å². The van der Waals surface area contributed by atoms with Gasteiger partial charge in [-0.3, -0.25) is 0 Å². The van der Waals surface area contributed by atoms with Crippen LogP contribution in [0.3, 0.4) is 0 Å². The van der Waals surface area contributed by atoms with E-state index in [1.807, 2.05) is 60.7 Å².